The van der Waals surface area contributed by atoms with Crippen molar-refractivity contribution in [1.29, 1.82) is 0 Å². The predicted molar refractivity (Wildman–Crippen MR) is 50.3 cm³/mol. The van der Waals surface area contributed by atoms with Crippen molar-refractivity contribution in [2.75, 3.05) is 6.54 Å². The zero-order valence-electron chi connectivity index (χ0n) is 8.30. The van der Waals surface area contributed by atoms with Crippen LogP contribution in [0.25, 0.3) is 0 Å². The lowest BCUT2D eigenvalue weighted by Crippen LogP contribution is -2.12. The van der Waals surface area contributed by atoms with Gasteiger partial charge in [-0.1, -0.05) is 0 Å². The smallest absolute Gasteiger partial charge is 0.335 e. The molecule has 0 aromatic carbocycles. The number of halogens is 3. The van der Waals surface area contributed by atoms with E-state index in [0.717, 1.165) is 5.69 Å². The third-order valence-electron chi connectivity index (χ3n) is 2.06. The molecule has 0 saturated heterocycles. The van der Waals surface area contributed by atoms with Crippen molar-refractivity contribution >= 4 is 0 Å². The van der Waals surface area contributed by atoms with Gasteiger partial charge in [0, 0.05) is 31.3 Å². The summed E-state index contributed by atoms with van der Waals surface area (Å²) < 4.78 is 37.4. The highest BCUT2D eigenvalue weighted by atomic mass is 19.4. The molecular formula is C9H14F3N3. The van der Waals surface area contributed by atoms with Crippen LogP contribution in [0.4, 0.5) is 13.2 Å². The van der Waals surface area contributed by atoms with E-state index in [0.29, 0.717) is 19.5 Å². The molecule has 0 saturated carbocycles. The number of hydrogen-bond acceptors (Lipinski definition) is 2. The zero-order chi connectivity index (χ0) is 11.3. The third-order valence-corrected chi connectivity index (χ3v) is 2.06. The quantitative estimate of drug-likeness (QED) is 0.822. The van der Waals surface area contributed by atoms with Crippen molar-refractivity contribution in [3.05, 3.63) is 18.2 Å². The van der Waals surface area contributed by atoms with E-state index in [-0.39, 0.29) is 6.42 Å². The fraction of sp³-hybridized carbons (Fsp3) is 0.667. The van der Waals surface area contributed by atoms with Gasteiger partial charge in [-0.05, 0) is 13.0 Å². The van der Waals surface area contributed by atoms with Gasteiger partial charge in [-0.15, -0.1) is 0 Å². The summed E-state index contributed by atoms with van der Waals surface area (Å²) >= 11 is 0. The minimum Gasteiger partial charge on any atom is -0.335 e. The van der Waals surface area contributed by atoms with Crippen molar-refractivity contribution in [2.24, 2.45) is 5.73 Å². The van der Waals surface area contributed by atoms with Crippen LogP contribution in [0.1, 0.15) is 18.5 Å². The lowest BCUT2D eigenvalue weighted by atomic mass is 10.3. The number of aromatic nitrogens is 2. The lowest BCUT2D eigenvalue weighted by Gasteiger charge is -2.08. The number of rotatable bonds is 5. The van der Waals surface area contributed by atoms with Crippen LogP contribution in [-0.4, -0.2) is 22.3 Å². The number of imidazole rings is 1. The van der Waals surface area contributed by atoms with Gasteiger partial charge in [-0.25, -0.2) is 4.98 Å². The van der Waals surface area contributed by atoms with E-state index < -0.39 is 12.6 Å². The molecule has 86 valence electrons. The zero-order valence-corrected chi connectivity index (χ0v) is 8.30. The van der Waals surface area contributed by atoms with Gasteiger partial charge in [0.05, 0.1) is 6.33 Å². The molecule has 1 aromatic rings. The topological polar surface area (TPSA) is 43.8 Å². The fourth-order valence-corrected chi connectivity index (χ4v) is 1.36. The second-order valence-corrected chi connectivity index (χ2v) is 3.34. The number of hydrogen-bond donors (Lipinski definition) is 1. The number of nitrogens with two attached hydrogens (primary N) is 1. The molecule has 0 bridgehead atoms. The number of aryl methyl sites for hydroxylation is 1. The van der Waals surface area contributed by atoms with E-state index in [1.165, 1.54) is 0 Å². The Morgan fingerprint density at radius 2 is 2.13 bits per heavy atom. The molecule has 1 rings (SSSR count). The van der Waals surface area contributed by atoms with Gasteiger partial charge in [-0.2, -0.15) is 13.2 Å². The molecule has 1 aromatic heterocycles. The second-order valence-electron chi connectivity index (χ2n) is 3.34. The Bertz CT molecular complexity index is 293. The van der Waals surface area contributed by atoms with Crippen molar-refractivity contribution in [2.45, 2.75) is 32.0 Å². The Morgan fingerprint density at radius 3 is 2.73 bits per heavy atom. The summed E-state index contributed by atoms with van der Waals surface area (Å²) in [6, 6.07) is 0. The molecule has 1 heterocycles. The van der Waals surface area contributed by atoms with Gasteiger partial charge in [0.2, 0.25) is 0 Å². The molecule has 0 amide bonds. The maximum absolute atomic E-state index is 11.9. The normalized spacial score (nSPS) is 12.0. The highest BCUT2D eigenvalue weighted by molar-refractivity contribution is 4.98. The Morgan fingerprint density at radius 1 is 1.40 bits per heavy atom. The summed E-state index contributed by atoms with van der Waals surface area (Å²) in [6.45, 7) is 0.819. The van der Waals surface area contributed by atoms with Crippen molar-refractivity contribution in [1.82, 2.24) is 9.55 Å². The molecule has 3 nitrogen and oxygen atoms in total. The maximum atomic E-state index is 11.9. The fourth-order valence-electron chi connectivity index (χ4n) is 1.36. The van der Waals surface area contributed by atoms with Crippen LogP contribution in [0.5, 0.6) is 0 Å². The SMILES string of the molecule is NCCc1cncn1CCCC(F)(F)F. The first-order valence-electron chi connectivity index (χ1n) is 4.79. The average molecular weight is 221 g/mol. The van der Waals surface area contributed by atoms with Gasteiger partial charge in [0.1, 0.15) is 0 Å². The van der Waals surface area contributed by atoms with Gasteiger partial charge >= 0.3 is 6.18 Å². The average Bonchev–Trinajstić information content (AvgIpc) is 2.51. The molecule has 6 heteroatoms. The summed E-state index contributed by atoms with van der Waals surface area (Å²) in [6.07, 6.45) is -0.923. The first-order valence-corrected chi connectivity index (χ1v) is 4.79. The summed E-state index contributed by atoms with van der Waals surface area (Å²) in [5, 5.41) is 0. The molecule has 15 heavy (non-hydrogen) atoms. The molecule has 0 unspecified atom stereocenters. The van der Waals surface area contributed by atoms with Crippen LogP contribution in [0.15, 0.2) is 12.5 Å². The minimum atomic E-state index is -4.07. The molecule has 0 radical (unpaired) electrons. The second kappa shape index (κ2) is 5.16. The Hall–Kier alpha value is -1.04. The van der Waals surface area contributed by atoms with E-state index in [1.54, 1.807) is 17.1 Å². The Labute approximate surface area is 86.1 Å². The highest BCUT2D eigenvalue weighted by Gasteiger charge is 2.26. The highest BCUT2D eigenvalue weighted by Crippen LogP contribution is 2.21. The summed E-state index contributed by atoms with van der Waals surface area (Å²) in [7, 11) is 0. The van der Waals surface area contributed by atoms with Crippen LogP contribution < -0.4 is 5.73 Å². The molecule has 2 N–H and O–H groups in total. The number of nitrogens with zero attached hydrogens (tertiary/aromatic N) is 2. The monoisotopic (exact) mass is 221 g/mol. The van der Waals surface area contributed by atoms with Crippen LogP contribution in [0, 0.1) is 0 Å². The molecule has 0 aliphatic rings. The van der Waals surface area contributed by atoms with Crippen LogP contribution in [0.3, 0.4) is 0 Å². The van der Waals surface area contributed by atoms with Crippen LogP contribution in [-0.2, 0) is 13.0 Å². The molecular weight excluding hydrogens is 207 g/mol. The largest absolute Gasteiger partial charge is 0.389 e. The molecule has 0 aliphatic heterocycles. The van der Waals surface area contributed by atoms with E-state index in [1.807, 2.05) is 0 Å². The van der Waals surface area contributed by atoms with Gasteiger partial charge in [-0.3, -0.25) is 0 Å². The summed E-state index contributed by atoms with van der Waals surface area (Å²) in [4.78, 5) is 3.88. The first-order chi connectivity index (χ1) is 7.03. The van der Waals surface area contributed by atoms with Gasteiger partial charge < -0.3 is 10.3 Å². The van der Waals surface area contributed by atoms with E-state index in [4.69, 9.17) is 5.73 Å². The molecule has 0 aliphatic carbocycles. The summed E-state index contributed by atoms with van der Waals surface area (Å²) in [5.74, 6) is 0. The molecule has 0 fully saturated rings. The van der Waals surface area contributed by atoms with Crippen molar-refractivity contribution < 1.29 is 13.2 Å². The third kappa shape index (κ3) is 4.33. The Kier molecular flexibility index (Phi) is 4.14. The van der Waals surface area contributed by atoms with E-state index in [2.05, 4.69) is 4.98 Å². The number of alkyl halides is 3. The van der Waals surface area contributed by atoms with Crippen LogP contribution >= 0.6 is 0 Å². The summed E-state index contributed by atoms with van der Waals surface area (Å²) in [5.41, 5.74) is 6.25. The first kappa shape index (κ1) is 12.0. The van der Waals surface area contributed by atoms with E-state index in [9.17, 15) is 13.2 Å². The predicted octanol–water partition coefficient (Wildman–Crippen LogP) is 1.73. The molecule has 0 atom stereocenters. The van der Waals surface area contributed by atoms with Crippen LogP contribution in [0.2, 0.25) is 0 Å². The minimum absolute atomic E-state index is 0.0808. The van der Waals surface area contributed by atoms with Crippen molar-refractivity contribution in [3.8, 4) is 0 Å². The lowest BCUT2D eigenvalue weighted by molar-refractivity contribution is -0.135. The molecule has 0 spiro atoms. The van der Waals surface area contributed by atoms with Gasteiger partial charge in [0.15, 0.2) is 0 Å². The van der Waals surface area contributed by atoms with Gasteiger partial charge in [0.25, 0.3) is 0 Å². The van der Waals surface area contributed by atoms with E-state index >= 15 is 0 Å². The standard InChI is InChI=1S/C9H14F3N3/c10-9(11,12)3-1-5-15-7-14-6-8(15)2-4-13/h6-7H,1-5,13H2. The maximum Gasteiger partial charge on any atom is 0.389 e. The Balaban J connectivity index is 2.40. The van der Waals surface area contributed by atoms with Crippen molar-refractivity contribution in [3.63, 3.8) is 0 Å².